The van der Waals surface area contributed by atoms with E-state index in [0.29, 0.717) is 6.10 Å². The zero-order valence-corrected chi connectivity index (χ0v) is 7.29. The molecule has 0 amide bonds. The van der Waals surface area contributed by atoms with Gasteiger partial charge in [0, 0.05) is 7.11 Å². The third-order valence-electron chi connectivity index (χ3n) is 3.30. The van der Waals surface area contributed by atoms with Gasteiger partial charge < -0.3 is 4.74 Å². The van der Waals surface area contributed by atoms with E-state index < -0.39 is 0 Å². The van der Waals surface area contributed by atoms with E-state index in [1.165, 1.54) is 12.8 Å². The first-order valence-corrected chi connectivity index (χ1v) is 4.52. The molecule has 62 valence electrons. The fraction of sp³-hybridized carbons (Fsp3) is 0.800. The summed E-state index contributed by atoms with van der Waals surface area (Å²) < 4.78 is 5.35. The van der Waals surface area contributed by atoms with Gasteiger partial charge in [-0.2, -0.15) is 0 Å². The molecule has 2 aliphatic carbocycles. The van der Waals surface area contributed by atoms with Gasteiger partial charge >= 0.3 is 0 Å². The van der Waals surface area contributed by atoms with E-state index in [1.54, 1.807) is 0 Å². The lowest BCUT2D eigenvalue weighted by molar-refractivity contribution is 0.0564. The molecule has 2 rings (SSSR count). The normalized spacial score (nSPS) is 43.3. The molecule has 0 aromatic carbocycles. The first kappa shape index (κ1) is 7.35. The number of fused-ring (bicyclic) bond motifs is 2. The van der Waals surface area contributed by atoms with Crippen LogP contribution < -0.4 is 0 Å². The van der Waals surface area contributed by atoms with E-state index in [2.05, 4.69) is 19.1 Å². The molecule has 0 saturated heterocycles. The SMILES string of the molecule is COC(C)C1CC2C=CC1C2. The van der Waals surface area contributed by atoms with Crippen molar-refractivity contribution < 1.29 is 4.74 Å². The highest BCUT2D eigenvalue weighted by Crippen LogP contribution is 2.45. The Bertz CT molecular complexity index is 174. The van der Waals surface area contributed by atoms with Crippen LogP contribution in [0.5, 0.6) is 0 Å². The summed E-state index contributed by atoms with van der Waals surface area (Å²) in [6, 6.07) is 0. The number of hydrogen-bond acceptors (Lipinski definition) is 1. The van der Waals surface area contributed by atoms with Crippen LogP contribution in [0, 0.1) is 17.8 Å². The summed E-state index contributed by atoms with van der Waals surface area (Å²) in [6.07, 6.45) is 7.96. The third-order valence-corrected chi connectivity index (χ3v) is 3.30. The number of allylic oxidation sites excluding steroid dienone is 2. The molecule has 2 aliphatic rings. The van der Waals surface area contributed by atoms with Crippen LogP contribution in [0.3, 0.4) is 0 Å². The Hall–Kier alpha value is -0.300. The van der Waals surface area contributed by atoms with Gasteiger partial charge in [-0.1, -0.05) is 12.2 Å². The lowest BCUT2D eigenvalue weighted by atomic mass is 9.89. The van der Waals surface area contributed by atoms with E-state index in [9.17, 15) is 0 Å². The maximum absolute atomic E-state index is 5.35. The second kappa shape index (κ2) is 2.63. The van der Waals surface area contributed by atoms with Crippen molar-refractivity contribution in [1.82, 2.24) is 0 Å². The quantitative estimate of drug-likeness (QED) is 0.551. The van der Waals surface area contributed by atoms with Crippen molar-refractivity contribution in [2.45, 2.75) is 25.9 Å². The lowest BCUT2D eigenvalue weighted by Crippen LogP contribution is -2.22. The zero-order valence-electron chi connectivity index (χ0n) is 7.29. The van der Waals surface area contributed by atoms with Crippen molar-refractivity contribution in [3.63, 3.8) is 0 Å². The lowest BCUT2D eigenvalue weighted by Gasteiger charge is -2.23. The number of rotatable bonds is 2. The summed E-state index contributed by atoms with van der Waals surface area (Å²) in [4.78, 5) is 0. The Kier molecular flexibility index (Phi) is 1.76. The van der Waals surface area contributed by atoms with Crippen molar-refractivity contribution in [3.05, 3.63) is 12.2 Å². The van der Waals surface area contributed by atoms with Crippen molar-refractivity contribution in [2.24, 2.45) is 17.8 Å². The monoisotopic (exact) mass is 152 g/mol. The second-order valence-corrected chi connectivity index (χ2v) is 3.88. The Labute approximate surface area is 68.4 Å². The summed E-state index contributed by atoms with van der Waals surface area (Å²) >= 11 is 0. The van der Waals surface area contributed by atoms with Crippen molar-refractivity contribution >= 4 is 0 Å². The highest BCUT2D eigenvalue weighted by Gasteiger charge is 2.38. The van der Waals surface area contributed by atoms with Gasteiger partial charge in [-0.15, -0.1) is 0 Å². The third kappa shape index (κ3) is 1.12. The number of methoxy groups -OCH3 is 1. The van der Waals surface area contributed by atoms with Crippen LogP contribution in [-0.4, -0.2) is 13.2 Å². The van der Waals surface area contributed by atoms with E-state index in [0.717, 1.165) is 17.8 Å². The van der Waals surface area contributed by atoms with Gasteiger partial charge in [-0.3, -0.25) is 0 Å². The van der Waals surface area contributed by atoms with Crippen LogP contribution >= 0.6 is 0 Å². The number of hydrogen-bond donors (Lipinski definition) is 0. The maximum atomic E-state index is 5.35. The summed E-state index contributed by atoms with van der Waals surface area (Å²) in [5.74, 6) is 2.51. The predicted octanol–water partition coefficient (Wildman–Crippen LogP) is 2.23. The Morgan fingerprint density at radius 1 is 1.36 bits per heavy atom. The maximum Gasteiger partial charge on any atom is 0.0577 e. The Morgan fingerprint density at radius 3 is 2.64 bits per heavy atom. The smallest absolute Gasteiger partial charge is 0.0577 e. The summed E-state index contributed by atoms with van der Waals surface area (Å²) in [6.45, 7) is 2.19. The van der Waals surface area contributed by atoms with Crippen LogP contribution in [0.25, 0.3) is 0 Å². The largest absolute Gasteiger partial charge is 0.381 e. The minimum absolute atomic E-state index is 0.454. The van der Waals surface area contributed by atoms with Gasteiger partial charge in [0.25, 0.3) is 0 Å². The van der Waals surface area contributed by atoms with Crippen LogP contribution in [0.1, 0.15) is 19.8 Å². The average molecular weight is 152 g/mol. The fourth-order valence-electron chi connectivity index (χ4n) is 2.54. The molecule has 0 aliphatic heterocycles. The van der Waals surface area contributed by atoms with Gasteiger partial charge in [-0.05, 0) is 37.5 Å². The first-order valence-electron chi connectivity index (χ1n) is 4.52. The highest BCUT2D eigenvalue weighted by molar-refractivity contribution is 5.10. The molecule has 0 aromatic heterocycles. The standard InChI is InChI=1S/C10H16O/c1-7(11-2)10-6-8-3-4-9(10)5-8/h3-4,7-10H,5-6H2,1-2H3. The predicted molar refractivity (Wildman–Crippen MR) is 45.3 cm³/mol. The zero-order chi connectivity index (χ0) is 7.84. The van der Waals surface area contributed by atoms with E-state index in [4.69, 9.17) is 4.74 Å². The average Bonchev–Trinajstić information content (AvgIpc) is 2.62. The van der Waals surface area contributed by atoms with Crippen molar-refractivity contribution in [3.8, 4) is 0 Å². The van der Waals surface area contributed by atoms with Crippen LogP contribution in [0.2, 0.25) is 0 Å². The molecule has 1 saturated carbocycles. The molecule has 4 unspecified atom stereocenters. The molecule has 1 heteroatoms. The van der Waals surface area contributed by atoms with E-state index in [-0.39, 0.29) is 0 Å². The van der Waals surface area contributed by atoms with Crippen molar-refractivity contribution in [1.29, 1.82) is 0 Å². The van der Waals surface area contributed by atoms with Gasteiger partial charge in [0.15, 0.2) is 0 Å². The van der Waals surface area contributed by atoms with Crippen molar-refractivity contribution in [2.75, 3.05) is 7.11 Å². The molecule has 1 fully saturated rings. The highest BCUT2D eigenvalue weighted by atomic mass is 16.5. The molecule has 0 N–H and O–H groups in total. The molecule has 0 heterocycles. The topological polar surface area (TPSA) is 9.23 Å². The molecule has 0 aromatic rings. The summed E-state index contributed by atoms with van der Waals surface area (Å²) in [5, 5.41) is 0. The van der Waals surface area contributed by atoms with Gasteiger partial charge in [0.1, 0.15) is 0 Å². The molecule has 1 nitrogen and oxygen atoms in total. The van der Waals surface area contributed by atoms with E-state index in [1.807, 2.05) is 7.11 Å². The molecule has 0 spiro atoms. The second-order valence-electron chi connectivity index (χ2n) is 3.88. The van der Waals surface area contributed by atoms with Crippen LogP contribution in [0.15, 0.2) is 12.2 Å². The summed E-state index contributed by atoms with van der Waals surface area (Å²) in [5.41, 5.74) is 0. The number of ether oxygens (including phenoxy) is 1. The molecule has 0 radical (unpaired) electrons. The van der Waals surface area contributed by atoms with Crippen LogP contribution in [-0.2, 0) is 4.74 Å². The van der Waals surface area contributed by atoms with Gasteiger partial charge in [0.2, 0.25) is 0 Å². The first-order chi connectivity index (χ1) is 5.31. The van der Waals surface area contributed by atoms with E-state index >= 15 is 0 Å². The molecular formula is C10H16O. The van der Waals surface area contributed by atoms with Gasteiger partial charge in [0.05, 0.1) is 6.10 Å². The minimum Gasteiger partial charge on any atom is -0.381 e. The molecule has 11 heavy (non-hydrogen) atoms. The fourth-order valence-corrected chi connectivity index (χ4v) is 2.54. The summed E-state index contributed by atoms with van der Waals surface area (Å²) in [7, 11) is 1.82. The molecule has 4 atom stereocenters. The molecule has 2 bridgehead atoms. The van der Waals surface area contributed by atoms with Crippen LogP contribution in [0.4, 0.5) is 0 Å². The van der Waals surface area contributed by atoms with Gasteiger partial charge in [-0.25, -0.2) is 0 Å². The molecular weight excluding hydrogens is 136 g/mol. The Morgan fingerprint density at radius 2 is 2.18 bits per heavy atom. The Balaban J connectivity index is 2.02. The minimum atomic E-state index is 0.454.